The van der Waals surface area contributed by atoms with E-state index in [1.165, 1.54) is 0 Å². The Bertz CT molecular complexity index is 1090. The van der Waals surface area contributed by atoms with Crippen LogP contribution in [0, 0.1) is 0 Å². The Morgan fingerprint density at radius 1 is 0.929 bits per heavy atom. The van der Waals surface area contributed by atoms with E-state index in [9.17, 15) is 9.59 Å². The molecular formula is C22H22N4O2. The Hall–Kier alpha value is -3.02. The highest BCUT2D eigenvalue weighted by atomic mass is 16.2. The van der Waals surface area contributed by atoms with Gasteiger partial charge in [0.1, 0.15) is 5.69 Å². The first-order valence-corrected chi connectivity index (χ1v) is 9.94. The molecule has 6 nitrogen and oxygen atoms in total. The molecular weight excluding hydrogens is 352 g/mol. The van der Waals surface area contributed by atoms with Gasteiger partial charge in [-0.1, -0.05) is 24.3 Å². The Morgan fingerprint density at radius 2 is 1.71 bits per heavy atom. The first-order chi connectivity index (χ1) is 13.7. The Balaban J connectivity index is 1.30. The van der Waals surface area contributed by atoms with Crippen LogP contribution in [0.1, 0.15) is 53.8 Å². The number of hydrogen-bond donors (Lipinski definition) is 0. The van der Waals surface area contributed by atoms with Crippen molar-refractivity contribution in [2.45, 2.75) is 37.6 Å². The number of para-hydroxylation sites is 1. The van der Waals surface area contributed by atoms with Gasteiger partial charge < -0.3 is 4.90 Å². The van der Waals surface area contributed by atoms with Crippen molar-refractivity contribution >= 4 is 16.8 Å². The summed E-state index contributed by atoms with van der Waals surface area (Å²) in [5.41, 5.74) is 2.28. The molecule has 0 atom stereocenters. The zero-order valence-corrected chi connectivity index (χ0v) is 15.6. The highest BCUT2D eigenvalue weighted by molar-refractivity contribution is 5.94. The van der Waals surface area contributed by atoms with Crippen LogP contribution < -0.4 is 5.56 Å². The number of carbonyl (C=O) groups is 1. The standard InChI is InChI=1S/C22H22N4O2/c27-21-10-9-19(16-5-6-16)24-26(21)17-11-13-25(14-12-17)22(28)20-8-7-15-3-1-2-4-18(15)23-20/h1-4,7-10,16-17H,5-6,11-14H2. The molecule has 0 spiro atoms. The van der Waals surface area contributed by atoms with Crippen LogP contribution in [0.5, 0.6) is 0 Å². The molecule has 0 unspecified atom stereocenters. The Morgan fingerprint density at radius 3 is 2.50 bits per heavy atom. The first kappa shape index (κ1) is 17.1. The molecule has 1 saturated carbocycles. The molecule has 2 fully saturated rings. The van der Waals surface area contributed by atoms with Gasteiger partial charge in [0.05, 0.1) is 17.3 Å². The lowest BCUT2D eigenvalue weighted by atomic mass is 10.0. The minimum atomic E-state index is -0.0506. The van der Waals surface area contributed by atoms with Crippen molar-refractivity contribution in [1.29, 1.82) is 0 Å². The second-order valence-corrected chi connectivity index (χ2v) is 7.73. The fraction of sp³-hybridized carbons (Fsp3) is 0.364. The van der Waals surface area contributed by atoms with Crippen molar-refractivity contribution in [3.05, 3.63) is 70.3 Å². The third-order valence-electron chi connectivity index (χ3n) is 5.76. The van der Waals surface area contributed by atoms with Gasteiger partial charge in [-0.05, 0) is 43.9 Å². The number of aromatic nitrogens is 3. The summed E-state index contributed by atoms with van der Waals surface area (Å²) in [6.07, 6.45) is 3.80. The minimum Gasteiger partial charge on any atom is -0.337 e. The third kappa shape index (κ3) is 3.19. The highest BCUT2D eigenvalue weighted by Gasteiger charge is 2.29. The van der Waals surface area contributed by atoms with Gasteiger partial charge in [-0.3, -0.25) is 9.59 Å². The minimum absolute atomic E-state index is 0.0451. The number of amides is 1. The lowest BCUT2D eigenvalue weighted by Gasteiger charge is -2.32. The van der Waals surface area contributed by atoms with E-state index >= 15 is 0 Å². The van der Waals surface area contributed by atoms with Crippen LogP contribution in [0.4, 0.5) is 0 Å². The van der Waals surface area contributed by atoms with Gasteiger partial charge in [-0.25, -0.2) is 9.67 Å². The summed E-state index contributed by atoms with van der Waals surface area (Å²) < 4.78 is 1.64. The van der Waals surface area contributed by atoms with Gasteiger partial charge in [0.2, 0.25) is 0 Å². The number of hydrogen-bond acceptors (Lipinski definition) is 4. The summed E-state index contributed by atoms with van der Waals surface area (Å²) in [6, 6.07) is 15.1. The molecule has 142 valence electrons. The molecule has 0 radical (unpaired) electrons. The SMILES string of the molecule is O=C(c1ccc2ccccc2n1)N1CCC(n2nc(C3CC3)ccc2=O)CC1. The number of nitrogens with zero attached hydrogens (tertiary/aromatic N) is 4. The van der Waals surface area contributed by atoms with Crippen molar-refractivity contribution in [2.75, 3.05) is 13.1 Å². The predicted molar refractivity (Wildman–Crippen MR) is 106 cm³/mol. The fourth-order valence-electron chi connectivity index (χ4n) is 3.96. The van der Waals surface area contributed by atoms with Crippen LogP contribution in [0.2, 0.25) is 0 Å². The Labute approximate surface area is 162 Å². The summed E-state index contributed by atoms with van der Waals surface area (Å²) in [5.74, 6) is 0.476. The summed E-state index contributed by atoms with van der Waals surface area (Å²) >= 11 is 0. The fourth-order valence-corrected chi connectivity index (χ4v) is 3.96. The maximum atomic E-state index is 12.9. The van der Waals surface area contributed by atoms with Crippen molar-refractivity contribution in [3.8, 4) is 0 Å². The van der Waals surface area contributed by atoms with E-state index in [4.69, 9.17) is 0 Å². The zero-order chi connectivity index (χ0) is 19.1. The van der Waals surface area contributed by atoms with Gasteiger partial charge in [0.25, 0.3) is 11.5 Å². The van der Waals surface area contributed by atoms with Crippen LogP contribution in [-0.4, -0.2) is 38.7 Å². The van der Waals surface area contributed by atoms with Crippen molar-refractivity contribution in [1.82, 2.24) is 19.7 Å². The zero-order valence-electron chi connectivity index (χ0n) is 15.6. The topological polar surface area (TPSA) is 68.1 Å². The summed E-state index contributed by atoms with van der Waals surface area (Å²) in [6.45, 7) is 1.22. The van der Waals surface area contributed by atoms with Crippen LogP contribution in [0.25, 0.3) is 10.9 Å². The number of likely N-dealkylation sites (tertiary alicyclic amines) is 1. The van der Waals surface area contributed by atoms with Crippen LogP contribution in [0.3, 0.4) is 0 Å². The Kier molecular flexibility index (Phi) is 4.19. The maximum Gasteiger partial charge on any atom is 0.272 e. The van der Waals surface area contributed by atoms with Crippen molar-refractivity contribution in [3.63, 3.8) is 0 Å². The van der Waals surface area contributed by atoms with Crippen LogP contribution in [-0.2, 0) is 0 Å². The molecule has 1 amide bonds. The molecule has 2 aromatic heterocycles. The van der Waals surface area contributed by atoms with Crippen molar-refractivity contribution in [2.24, 2.45) is 0 Å². The number of pyridine rings is 1. The normalized spacial score (nSPS) is 17.8. The van der Waals surface area contributed by atoms with E-state index in [0.29, 0.717) is 24.7 Å². The molecule has 1 saturated heterocycles. The maximum absolute atomic E-state index is 12.9. The molecule has 2 aliphatic rings. The van der Waals surface area contributed by atoms with E-state index in [1.54, 1.807) is 16.8 Å². The summed E-state index contributed by atoms with van der Waals surface area (Å²) in [7, 11) is 0. The van der Waals surface area contributed by atoms with E-state index in [1.807, 2.05) is 41.3 Å². The molecule has 3 aromatic rings. The number of carbonyl (C=O) groups excluding carboxylic acids is 1. The molecule has 1 aromatic carbocycles. The van der Waals surface area contributed by atoms with Gasteiger partial charge >= 0.3 is 0 Å². The summed E-state index contributed by atoms with van der Waals surface area (Å²) in [5, 5.41) is 5.64. The number of piperidine rings is 1. The summed E-state index contributed by atoms with van der Waals surface area (Å²) in [4.78, 5) is 31.5. The van der Waals surface area contributed by atoms with Gasteiger partial charge in [-0.2, -0.15) is 5.10 Å². The second kappa shape index (κ2) is 6.86. The van der Waals surface area contributed by atoms with E-state index in [-0.39, 0.29) is 17.5 Å². The first-order valence-electron chi connectivity index (χ1n) is 9.94. The lowest BCUT2D eigenvalue weighted by molar-refractivity contribution is 0.0682. The van der Waals surface area contributed by atoms with Crippen molar-refractivity contribution < 1.29 is 4.79 Å². The molecule has 6 heteroatoms. The average Bonchev–Trinajstić information content (AvgIpc) is 3.59. The highest BCUT2D eigenvalue weighted by Crippen LogP contribution is 2.38. The number of fused-ring (bicyclic) bond motifs is 1. The molecule has 5 rings (SSSR count). The largest absolute Gasteiger partial charge is 0.337 e. The van der Waals surface area contributed by atoms with Gasteiger partial charge in [-0.15, -0.1) is 0 Å². The lowest BCUT2D eigenvalue weighted by Crippen LogP contribution is -2.41. The number of rotatable bonds is 3. The van der Waals surface area contributed by atoms with E-state index < -0.39 is 0 Å². The molecule has 0 N–H and O–H groups in total. The average molecular weight is 374 g/mol. The quantitative estimate of drug-likeness (QED) is 0.706. The van der Waals surface area contributed by atoms with Crippen LogP contribution >= 0.6 is 0 Å². The molecule has 3 heterocycles. The molecule has 28 heavy (non-hydrogen) atoms. The van der Waals surface area contributed by atoms with Gasteiger partial charge in [0.15, 0.2) is 0 Å². The monoisotopic (exact) mass is 374 g/mol. The molecule has 1 aliphatic heterocycles. The number of benzene rings is 1. The third-order valence-corrected chi connectivity index (χ3v) is 5.76. The molecule has 1 aliphatic carbocycles. The van der Waals surface area contributed by atoms with E-state index in [0.717, 1.165) is 42.3 Å². The second-order valence-electron chi connectivity index (χ2n) is 7.73. The van der Waals surface area contributed by atoms with Gasteiger partial charge in [0, 0.05) is 30.5 Å². The smallest absolute Gasteiger partial charge is 0.272 e. The predicted octanol–water partition coefficient (Wildman–Crippen LogP) is 3.15. The van der Waals surface area contributed by atoms with E-state index in [2.05, 4.69) is 10.1 Å². The van der Waals surface area contributed by atoms with Crippen LogP contribution in [0.15, 0.2) is 53.3 Å². The molecule has 0 bridgehead atoms.